The van der Waals surface area contributed by atoms with Crippen molar-refractivity contribution in [3.05, 3.63) is 17.8 Å². The van der Waals surface area contributed by atoms with E-state index < -0.39 is 0 Å². The first-order chi connectivity index (χ1) is 8.63. The second kappa shape index (κ2) is 4.17. The minimum absolute atomic E-state index is 0.142. The Balaban J connectivity index is 1.84. The molecular formula is C13H17N3OS. The van der Waals surface area contributed by atoms with Crippen LogP contribution in [0.2, 0.25) is 0 Å². The number of hydrogen-bond acceptors (Lipinski definition) is 5. The molecule has 0 amide bonds. The SMILES string of the molecule is COC1CC(Nc2ncnc3ccsc23)C1(C)C. The molecule has 2 unspecified atom stereocenters. The second-order valence-corrected chi connectivity index (χ2v) is 6.25. The summed E-state index contributed by atoms with van der Waals surface area (Å²) in [6.45, 7) is 4.46. The first-order valence-corrected chi connectivity index (χ1v) is 6.98. The number of fused-ring (bicyclic) bond motifs is 1. The summed E-state index contributed by atoms with van der Waals surface area (Å²) < 4.78 is 6.61. The van der Waals surface area contributed by atoms with Crippen molar-refractivity contribution < 1.29 is 4.74 Å². The van der Waals surface area contributed by atoms with Crippen LogP contribution in [-0.4, -0.2) is 29.2 Å². The van der Waals surface area contributed by atoms with Crippen molar-refractivity contribution in [2.24, 2.45) is 5.41 Å². The molecule has 0 aromatic carbocycles. The Hall–Kier alpha value is -1.20. The maximum absolute atomic E-state index is 5.47. The van der Waals surface area contributed by atoms with Crippen LogP contribution in [0.25, 0.3) is 10.2 Å². The Kier molecular flexibility index (Phi) is 2.75. The monoisotopic (exact) mass is 263 g/mol. The second-order valence-electron chi connectivity index (χ2n) is 5.34. The topological polar surface area (TPSA) is 47.0 Å². The summed E-state index contributed by atoms with van der Waals surface area (Å²) >= 11 is 1.68. The number of ether oxygens (including phenoxy) is 1. The van der Waals surface area contributed by atoms with Crippen LogP contribution < -0.4 is 5.32 Å². The van der Waals surface area contributed by atoms with E-state index >= 15 is 0 Å². The smallest absolute Gasteiger partial charge is 0.147 e. The van der Waals surface area contributed by atoms with Gasteiger partial charge in [-0.3, -0.25) is 0 Å². The van der Waals surface area contributed by atoms with E-state index in [1.807, 2.05) is 6.07 Å². The number of nitrogens with zero attached hydrogens (tertiary/aromatic N) is 2. The van der Waals surface area contributed by atoms with Crippen molar-refractivity contribution in [1.82, 2.24) is 9.97 Å². The van der Waals surface area contributed by atoms with Crippen molar-refractivity contribution in [2.75, 3.05) is 12.4 Å². The van der Waals surface area contributed by atoms with Crippen LogP contribution in [-0.2, 0) is 4.74 Å². The lowest BCUT2D eigenvalue weighted by molar-refractivity contribution is -0.0795. The molecule has 1 saturated carbocycles. The summed E-state index contributed by atoms with van der Waals surface area (Å²) in [6.07, 6.45) is 2.98. The molecule has 4 nitrogen and oxygen atoms in total. The summed E-state index contributed by atoms with van der Waals surface area (Å²) in [5.41, 5.74) is 1.15. The van der Waals surface area contributed by atoms with Gasteiger partial charge in [-0.15, -0.1) is 11.3 Å². The molecule has 1 fully saturated rings. The van der Waals surface area contributed by atoms with E-state index in [1.54, 1.807) is 24.8 Å². The molecule has 1 N–H and O–H groups in total. The third-order valence-corrected chi connectivity index (χ3v) is 4.93. The number of anilines is 1. The third-order valence-electron chi connectivity index (χ3n) is 4.02. The zero-order chi connectivity index (χ0) is 12.8. The van der Waals surface area contributed by atoms with Crippen molar-refractivity contribution in [1.29, 1.82) is 0 Å². The summed E-state index contributed by atoms with van der Waals surface area (Å²) in [7, 11) is 1.78. The van der Waals surface area contributed by atoms with Crippen LogP contribution in [0.1, 0.15) is 20.3 Å². The lowest BCUT2D eigenvalue weighted by Gasteiger charge is -2.51. The van der Waals surface area contributed by atoms with Gasteiger partial charge in [0.15, 0.2) is 0 Å². The highest BCUT2D eigenvalue weighted by Crippen LogP contribution is 2.44. The molecule has 1 aliphatic carbocycles. The first kappa shape index (κ1) is 11.9. The van der Waals surface area contributed by atoms with E-state index in [1.165, 1.54) is 0 Å². The van der Waals surface area contributed by atoms with Crippen molar-refractivity contribution >= 4 is 27.4 Å². The van der Waals surface area contributed by atoms with Gasteiger partial charge < -0.3 is 10.1 Å². The van der Waals surface area contributed by atoms with E-state index in [-0.39, 0.29) is 5.41 Å². The zero-order valence-electron chi connectivity index (χ0n) is 10.8. The molecule has 2 aromatic rings. The predicted octanol–water partition coefficient (Wildman–Crippen LogP) is 2.92. The van der Waals surface area contributed by atoms with Gasteiger partial charge >= 0.3 is 0 Å². The minimum Gasteiger partial charge on any atom is -0.381 e. The van der Waals surface area contributed by atoms with Gasteiger partial charge in [0.25, 0.3) is 0 Å². The van der Waals surface area contributed by atoms with Gasteiger partial charge in [-0.25, -0.2) is 9.97 Å². The maximum Gasteiger partial charge on any atom is 0.147 e. The number of nitrogens with one attached hydrogen (secondary N) is 1. The Morgan fingerprint density at radius 3 is 3.00 bits per heavy atom. The Bertz CT molecular complexity index is 566. The fraction of sp³-hybridized carbons (Fsp3) is 0.538. The number of methoxy groups -OCH3 is 1. The van der Waals surface area contributed by atoms with Crippen molar-refractivity contribution in [2.45, 2.75) is 32.4 Å². The molecule has 2 aromatic heterocycles. The van der Waals surface area contributed by atoms with Crippen LogP contribution >= 0.6 is 11.3 Å². The van der Waals surface area contributed by atoms with Crippen LogP contribution in [0.5, 0.6) is 0 Å². The molecule has 3 rings (SSSR count). The van der Waals surface area contributed by atoms with Crippen LogP contribution in [0.15, 0.2) is 17.8 Å². The van der Waals surface area contributed by atoms with Crippen molar-refractivity contribution in [3.8, 4) is 0 Å². The standard InChI is InChI=1S/C13H17N3OS/c1-13(2)9(6-10(13)17-3)16-12-11-8(4-5-18-11)14-7-15-12/h4-5,7,9-10H,6H2,1-3H3,(H,14,15,16). The normalized spacial score (nSPS) is 25.9. The number of aromatic nitrogens is 2. The molecule has 2 atom stereocenters. The van der Waals surface area contributed by atoms with Crippen molar-refractivity contribution in [3.63, 3.8) is 0 Å². The summed E-state index contributed by atoms with van der Waals surface area (Å²) in [5.74, 6) is 0.947. The average molecular weight is 263 g/mol. The number of thiophene rings is 1. The molecule has 1 aliphatic rings. The molecule has 18 heavy (non-hydrogen) atoms. The highest BCUT2D eigenvalue weighted by Gasteiger charge is 2.48. The predicted molar refractivity (Wildman–Crippen MR) is 74.0 cm³/mol. The van der Waals surface area contributed by atoms with Gasteiger partial charge in [0.1, 0.15) is 12.1 Å². The van der Waals surface area contributed by atoms with E-state index in [9.17, 15) is 0 Å². The van der Waals surface area contributed by atoms with Crippen LogP contribution in [0.4, 0.5) is 5.82 Å². The number of hydrogen-bond donors (Lipinski definition) is 1. The molecule has 5 heteroatoms. The minimum atomic E-state index is 0.142. The van der Waals surface area contributed by atoms with E-state index in [0.717, 1.165) is 22.5 Å². The summed E-state index contributed by atoms with van der Waals surface area (Å²) in [5, 5.41) is 5.59. The quantitative estimate of drug-likeness (QED) is 0.925. The molecule has 0 bridgehead atoms. The molecule has 0 spiro atoms. The highest BCUT2D eigenvalue weighted by atomic mass is 32.1. The van der Waals surface area contributed by atoms with Gasteiger partial charge in [0, 0.05) is 18.6 Å². The summed E-state index contributed by atoms with van der Waals surface area (Å²) in [6, 6.07) is 2.43. The van der Waals surface area contributed by atoms with Crippen LogP contribution in [0.3, 0.4) is 0 Å². The molecule has 2 heterocycles. The largest absolute Gasteiger partial charge is 0.381 e. The lowest BCUT2D eigenvalue weighted by Crippen LogP contribution is -2.57. The maximum atomic E-state index is 5.47. The van der Waals surface area contributed by atoms with E-state index in [2.05, 4.69) is 34.5 Å². The zero-order valence-corrected chi connectivity index (χ0v) is 11.6. The van der Waals surface area contributed by atoms with Gasteiger partial charge in [-0.1, -0.05) is 13.8 Å². The fourth-order valence-electron chi connectivity index (χ4n) is 2.59. The third kappa shape index (κ3) is 1.69. The summed E-state index contributed by atoms with van der Waals surface area (Å²) in [4.78, 5) is 8.62. The Morgan fingerprint density at radius 2 is 2.28 bits per heavy atom. The van der Waals surface area contributed by atoms with E-state index in [0.29, 0.717) is 12.1 Å². The number of rotatable bonds is 3. The molecule has 0 aliphatic heterocycles. The van der Waals surface area contributed by atoms with Crippen LogP contribution in [0, 0.1) is 5.41 Å². The fourth-order valence-corrected chi connectivity index (χ4v) is 3.38. The average Bonchev–Trinajstić information content (AvgIpc) is 2.82. The lowest BCUT2D eigenvalue weighted by atomic mass is 9.64. The molecular weight excluding hydrogens is 246 g/mol. The Morgan fingerprint density at radius 1 is 1.44 bits per heavy atom. The van der Waals surface area contributed by atoms with Gasteiger partial charge in [0.2, 0.25) is 0 Å². The van der Waals surface area contributed by atoms with Gasteiger partial charge in [0.05, 0.1) is 16.3 Å². The van der Waals surface area contributed by atoms with Gasteiger partial charge in [-0.2, -0.15) is 0 Å². The highest BCUT2D eigenvalue weighted by molar-refractivity contribution is 7.17. The van der Waals surface area contributed by atoms with E-state index in [4.69, 9.17) is 4.74 Å². The first-order valence-electron chi connectivity index (χ1n) is 6.10. The van der Waals surface area contributed by atoms with Gasteiger partial charge in [-0.05, 0) is 17.9 Å². The Labute approximate surface area is 110 Å². The molecule has 0 radical (unpaired) electrons. The molecule has 0 saturated heterocycles. The molecule has 96 valence electrons.